The molecule has 0 saturated carbocycles. The first-order valence-corrected chi connectivity index (χ1v) is 9.31. The quantitative estimate of drug-likeness (QED) is 0.600. The molecule has 0 aromatic heterocycles. The van der Waals surface area contributed by atoms with Crippen LogP contribution < -0.4 is 4.74 Å². The first-order valence-electron chi connectivity index (χ1n) is 9.31. The van der Waals surface area contributed by atoms with E-state index >= 15 is 0 Å². The van der Waals surface area contributed by atoms with Crippen molar-refractivity contribution in [2.24, 2.45) is 0 Å². The van der Waals surface area contributed by atoms with E-state index in [0.717, 1.165) is 11.3 Å². The summed E-state index contributed by atoms with van der Waals surface area (Å²) in [6.45, 7) is 9.45. The highest BCUT2D eigenvalue weighted by atomic mass is 16.5. The third kappa shape index (κ3) is 3.38. The molecule has 0 N–H and O–H groups in total. The van der Waals surface area contributed by atoms with Gasteiger partial charge in [0.1, 0.15) is 5.75 Å². The van der Waals surface area contributed by atoms with E-state index in [1.54, 1.807) is 20.5 Å². The molecule has 0 saturated heterocycles. The Balaban J connectivity index is 2.18. The second-order valence-corrected chi connectivity index (χ2v) is 8.52. The number of hydrogen-bond acceptors (Lipinski definition) is 2. The summed E-state index contributed by atoms with van der Waals surface area (Å²) in [6.07, 6.45) is 6.17. The number of ether oxygens (including phenoxy) is 2. The molecule has 26 heavy (non-hydrogen) atoms. The molecule has 0 unspecified atom stereocenters. The summed E-state index contributed by atoms with van der Waals surface area (Å²) >= 11 is 0. The van der Waals surface area contributed by atoms with E-state index in [1.165, 1.54) is 35.1 Å². The van der Waals surface area contributed by atoms with Gasteiger partial charge in [0.2, 0.25) is 0 Å². The molecular formula is C24H30O2. The third-order valence-corrected chi connectivity index (χ3v) is 5.81. The Bertz CT molecular complexity index is 828. The second-order valence-electron chi connectivity index (χ2n) is 8.52. The first kappa shape index (κ1) is 18.6. The smallest absolute Gasteiger partial charge is 0.119 e. The molecule has 0 spiro atoms. The molecule has 0 aliphatic heterocycles. The van der Waals surface area contributed by atoms with Crippen LogP contribution in [0.2, 0.25) is 0 Å². The van der Waals surface area contributed by atoms with Crippen molar-refractivity contribution < 1.29 is 9.47 Å². The average Bonchev–Trinajstić information content (AvgIpc) is 2.63. The van der Waals surface area contributed by atoms with Gasteiger partial charge in [0.25, 0.3) is 0 Å². The van der Waals surface area contributed by atoms with Gasteiger partial charge in [-0.05, 0) is 69.7 Å². The van der Waals surface area contributed by atoms with Crippen LogP contribution in [0.1, 0.15) is 57.2 Å². The zero-order valence-electron chi connectivity index (χ0n) is 16.8. The Labute approximate surface area is 157 Å². The molecule has 0 radical (unpaired) electrons. The maximum absolute atomic E-state index is 5.47. The van der Waals surface area contributed by atoms with Crippen LogP contribution in [0.15, 0.2) is 42.7 Å². The van der Waals surface area contributed by atoms with Gasteiger partial charge in [-0.1, -0.05) is 52.0 Å². The number of methoxy groups -OCH3 is 2. The predicted octanol–water partition coefficient (Wildman–Crippen LogP) is 6.33. The summed E-state index contributed by atoms with van der Waals surface area (Å²) in [5.74, 6) is 0.867. The Morgan fingerprint density at radius 2 is 1.54 bits per heavy atom. The van der Waals surface area contributed by atoms with Crippen LogP contribution in [-0.4, -0.2) is 14.2 Å². The monoisotopic (exact) mass is 350 g/mol. The summed E-state index contributed by atoms with van der Waals surface area (Å²) < 4.78 is 10.6. The van der Waals surface area contributed by atoms with E-state index in [-0.39, 0.29) is 10.8 Å². The van der Waals surface area contributed by atoms with E-state index in [4.69, 9.17) is 9.47 Å². The van der Waals surface area contributed by atoms with E-state index < -0.39 is 0 Å². The zero-order chi connectivity index (χ0) is 18.9. The second kappa shape index (κ2) is 6.83. The normalized spacial score (nSPS) is 17.8. The Kier molecular flexibility index (Phi) is 4.88. The van der Waals surface area contributed by atoms with Crippen LogP contribution in [-0.2, 0) is 15.6 Å². The minimum Gasteiger partial charge on any atom is -0.504 e. The lowest BCUT2D eigenvalue weighted by molar-refractivity contribution is 0.332. The van der Waals surface area contributed by atoms with Crippen molar-refractivity contribution in [2.75, 3.05) is 14.2 Å². The molecule has 0 atom stereocenters. The predicted molar refractivity (Wildman–Crippen MR) is 110 cm³/mol. The van der Waals surface area contributed by atoms with E-state index in [1.807, 2.05) is 12.1 Å². The largest absolute Gasteiger partial charge is 0.504 e. The lowest BCUT2D eigenvalue weighted by Crippen LogP contribution is -2.33. The molecule has 138 valence electrons. The molecule has 0 amide bonds. The Hall–Kier alpha value is -2.22. The molecule has 0 bridgehead atoms. The standard InChI is InChI=1S/C24H30O2/c1-23(2)12-13-24(3,4)22-15-18(8-10-21(22)23)20-16-19(26-6)9-7-17(20)11-14-25-5/h7-11,14-16H,12-13H2,1-6H3/b14-11+. The van der Waals surface area contributed by atoms with Gasteiger partial charge in [-0.25, -0.2) is 0 Å². The molecular weight excluding hydrogens is 320 g/mol. The Morgan fingerprint density at radius 1 is 0.846 bits per heavy atom. The molecule has 3 rings (SSSR count). The summed E-state index contributed by atoms with van der Waals surface area (Å²) in [7, 11) is 3.38. The highest BCUT2D eigenvalue weighted by molar-refractivity contribution is 5.77. The van der Waals surface area contributed by atoms with Crippen molar-refractivity contribution in [1.82, 2.24) is 0 Å². The zero-order valence-corrected chi connectivity index (χ0v) is 16.8. The fraction of sp³-hybridized carbons (Fsp3) is 0.417. The van der Waals surface area contributed by atoms with Crippen LogP contribution >= 0.6 is 0 Å². The lowest BCUT2D eigenvalue weighted by atomic mass is 9.63. The van der Waals surface area contributed by atoms with Gasteiger partial charge in [0, 0.05) is 0 Å². The van der Waals surface area contributed by atoms with Gasteiger partial charge in [0.15, 0.2) is 0 Å². The molecule has 2 nitrogen and oxygen atoms in total. The van der Waals surface area contributed by atoms with Crippen LogP contribution in [0, 0.1) is 0 Å². The Morgan fingerprint density at radius 3 is 2.19 bits per heavy atom. The molecule has 1 aliphatic carbocycles. The van der Waals surface area contributed by atoms with Gasteiger partial charge in [-0.3, -0.25) is 0 Å². The molecule has 2 aromatic rings. The maximum Gasteiger partial charge on any atom is 0.119 e. The number of benzene rings is 2. The average molecular weight is 351 g/mol. The van der Waals surface area contributed by atoms with E-state index in [2.05, 4.69) is 58.0 Å². The molecule has 1 aliphatic rings. The van der Waals surface area contributed by atoms with Crippen LogP contribution in [0.3, 0.4) is 0 Å². The fourth-order valence-electron chi connectivity index (χ4n) is 3.96. The topological polar surface area (TPSA) is 18.5 Å². The maximum atomic E-state index is 5.47. The summed E-state index contributed by atoms with van der Waals surface area (Å²) in [4.78, 5) is 0. The molecule has 0 heterocycles. The minimum atomic E-state index is 0.197. The highest BCUT2D eigenvalue weighted by Crippen LogP contribution is 2.47. The van der Waals surface area contributed by atoms with Gasteiger partial charge < -0.3 is 9.47 Å². The van der Waals surface area contributed by atoms with Gasteiger partial charge in [-0.15, -0.1) is 0 Å². The van der Waals surface area contributed by atoms with Crippen molar-refractivity contribution in [3.8, 4) is 16.9 Å². The highest BCUT2D eigenvalue weighted by Gasteiger charge is 2.37. The van der Waals surface area contributed by atoms with Crippen molar-refractivity contribution in [3.05, 3.63) is 59.4 Å². The van der Waals surface area contributed by atoms with Crippen molar-refractivity contribution in [2.45, 2.75) is 51.4 Å². The van der Waals surface area contributed by atoms with Crippen LogP contribution in [0.4, 0.5) is 0 Å². The van der Waals surface area contributed by atoms with E-state index in [9.17, 15) is 0 Å². The summed E-state index contributed by atoms with van der Waals surface area (Å²) in [5.41, 5.74) is 6.90. The lowest BCUT2D eigenvalue weighted by Gasteiger charge is -2.42. The van der Waals surface area contributed by atoms with Crippen LogP contribution in [0.5, 0.6) is 5.75 Å². The molecule has 2 heteroatoms. The summed E-state index contributed by atoms with van der Waals surface area (Å²) in [6, 6.07) is 13.1. The number of hydrogen-bond donors (Lipinski definition) is 0. The van der Waals surface area contributed by atoms with Gasteiger partial charge in [0.05, 0.1) is 20.5 Å². The number of rotatable bonds is 4. The van der Waals surface area contributed by atoms with Gasteiger partial charge in [-0.2, -0.15) is 0 Å². The minimum absolute atomic E-state index is 0.197. The SMILES string of the molecule is CO/C=C/c1ccc(OC)cc1-c1ccc2c(c1)C(C)(C)CCC2(C)C. The fourth-order valence-corrected chi connectivity index (χ4v) is 3.96. The molecule has 2 aromatic carbocycles. The summed E-state index contributed by atoms with van der Waals surface area (Å²) in [5, 5.41) is 0. The molecule has 0 fully saturated rings. The van der Waals surface area contributed by atoms with Crippen LogP contribution in [0.25, 0.3) is 17.2 Å². The van der Waals surface area contributed by atoms with Crippen molar-refractivity contribution >= 4 is 6.08 Å². The van der Waals surface area contributed by atoms with Crippen molar-refractivity contribution in [3.63, 3.8) is 0 Å². The number of fused-ring (bicyclic) bond motifs is 1. The third-order valence-electron chi connectivity index (χ3n) is 5.81. The van der Waals surface area contributed by atoms with Crippen molar-refractivity contribution in [1.29, 1.82) is 0 Å². The van der Waals surface area contributed by atoms with Gasteiger partial charge >= 0.3 is 0 Å². The van der Waals surface area contributed by atoms with E-state index in [0.29, 0.717) is 0 Å². The first-order chi connectivity index (χ1) is 12.3.